The average molecular weight is 198 g/mol. The van der Waals surface area contributed by atoms with Crippen LogP contribution in [0.1, 0.15) is 57.8 Å². The van der Waals surface area contributed by atoms with Gasteiger partial charge in [-0.25, -0.2) is 5.84 Å². The Bertz CT molecular complexity index is 161. The van der Waals surface area contributed by atoms with E-state index in [-0.39, 0.29) is 11.8 Å². The Morgan fingerprint density at radius 1 is 0.929 bits per heavy atom. The second kappa shape index (κ2) is 6.82. The molecule has 0 radical (unpaired) electrons. The van der Waals surface area contributed by atoms with Crippen LogP contribution in [0.25, 0.3) is 0 Å². The minimum absolute atomic E-state index is 0.0329. The number of nitrogens with one attached hydrogen (secondary N) is 1. The third-order valence-electron chi connectivity index (χ3n) is 3.12. The Morgan fingerprint density at radius 3 is 1.79 bits per heavy atom. The van der Waals surface area contributed by atoms with Gasteiger partial charge in [0.15, 0.2) is 0 Å². The molecule has 0 unspecified atom stereocenters. The summed E-state index contributed by atoms with van der Waals surface area (Å²) >= 11 is 0. The number of carbonyl (C=O) groups is 1. The quantitative estimate of drug-likeness (QED) is 0.385. The summed E-state index contributed by atoms with van der Waals surface area (Å²) in [4.78, 5) is 11.4. The van der Waals surface area contributed by atoms with E-state index in [1.165, 1.54) is 44.9 Å². The van der Waals surface area contributed by atoms with Crippen molar-refractivity contribution < 1.29 is 4.79 Å². The van der Waals surface area contributed by atoms with Crippen LogP contribution in [-0.2, 0) is 4.79 Å². The molecule has 0 aromatic carbocycles. The summed E-state index contributed by atoms with van der Waals surface area (Å²) in [5, 5.41) is 0. The molecule has 1 aliphatic rings. The molecule has 0 bridgehead atoms. The molecule has 0 atom stereocenters. The summed E-state index contributed by atoms with van der Waals surface area (Å²) in [5.41, 5.74) is 2.28. The molecule has 0 spiro atoms. The molecule has 0 heterocycles. The number of hydrogen-bond donors (Lipinski definition) is 2. The van der Waals surface area contributed by atoms with E-state index in [1.807, 2.05) is 0 Å². The molecule has 1 aliphatic carbocycles. The van der Waals surface area contributed by atoms with Crippen LogP contribution < -0.4 is 11.3 Å². The number of carbonyl (C=O) groups excluding carboxylic acids is 1. The lowest BCUT2D eigenvalue weighted by Gasteiger charge is -2.16. The molecule has 1 saturated carbocycles. The molecular weight excluding hydrogens is 176 g/mol. The monoisotopic (exact) mass is 198 g/mol. The van der Waals surface area contributed by atoms with Crippen molar-refractivity contribution in [1.29, 1.82) is 0 Å². The van der Waals surface area contributed by atoms with E-state index < -0.39 is 0 Å². The molecule has 1 rings (SSSR count). The van der Waals surface area contributed by atoms with Gasteiger partial charge in [-0.15, -0.1) is 0 Å². The second-order valence-electron chi connectivity index (χ2n) is 4.26. The van der Waals surface area contributed by atoms with Gasteiger partial charge in [-0.3, -0.25) is 10.2 Å². The Balaban J connectivity index is 2.34. The third kappa shape index (κ3) is 4.09. The van der Waals surface area contributed by atoms with Gasteiger partial charge < -0.3 is 0 Å². The molecule has 82 valence electrons. The third-order valence-corrected chi connectivity index (χ3v) is 3.12. The number of hydrogen-bond acceptors (Lipinski definition) is 2. The van der Waals surface area contributed by atoms with Crippen LogP contribution in [0.4, 0.5) is 0 Å². The van der Waals surface area contributed by atoms with Crippen molar-refractivity contribution in [1.82, 2.24) is 5.43 Å². The first-order valence-electron chi connectivity index (χ1n) is 5.85. The smallest absolute Gasteiger partial charge is 0.236 e. The lowest BCUT2D eigenvalue weighted by atomic mass is 9.92. The number of hydrazine groups is 1. The van der Waals surface area contributed by atoms with Gasteiger partial charge in [-0.2, -0.15) is 0 Å². The largest absolute Gasteiger partial charge is 0.294 e. The number of nitrogens with two attached hydrogens (primary N) is 1. The molecule has 3 heteroatoms. The summed E-state index contributed by atoms with van der Waals surface area (Å²) in [5.74, 6) is 5.36. The maximum Gasteiger partial charge on any atom is 0.236 e. The predicted octanol–water partition coefficient (Wildman–Crippen LogP) is 2.12. The average Bonchev–Trinajstić information content (AvgIpc) is 2.24. The molecule has 0 aromatic rings. The molecule has 0 aliphatic heterocycles. The van der Waals surface area contributed by atoms with Gasteiger partial charge in [0, 0.05) is 5.92 Å². The Hall–Kier alpha value is -0.570. The van der Waals surface area contributed by atoms with Crippen LogP contribution in [-0.4, -0.2) is 5.91 Å². The van der Waals surface area contributed by atoms with E-state index in [1.54, 1.807) is 0 Å². The number of amides is 1. The zero-order valence-corrected chi connectivity index (χ0v) is 8.93. The van der Waals surface area contributed by atoms with Gasteiger partial charge in [0.05, 0.1) is 0 Å². The maximum atomic E-state index is 11.4. The minimum atomic E-state index is 0.0329. The first-order valence-corrected chi connectivity index (χ1v) is 5.85. The molecule has 3 N–H and O–H groups in total. The van der Waals surface area contributed by atoms with E-state index in [0.29, 0.717) is 0 Å². The lowest BCUT2D eigenvalue weighted by molar-refractivity contribution is -0.125. The summed E-state index contributed by atoms with van der Waals surface area (Å²) in [6.07, 6.45) is 11.0. The molecule has 0 aromatic heterocycles. The molecular formula is C11H22N2O. The van der Waals surface area contributed by atoms with Crippen molar-refractivity contribution in [2.75, 3.05) is 0 Å². The molecule has 1 amide bonds. The lowest BCUT2D eigenvalue weighted by Crippen LogP contribution is -2.36. The highest BCUT2D eigenvalue weighted by molar-refractivity contribution is 5.77. The molecule has 14 heavy (non-hydrogen) atoms. The van der Waals surface area contributed by atoms with Crippen molar-refractivity contribution >= 4 is 5.91 Å². The Morgan fingerprint density at radius 2 is 1.36 bits per heavy atom. The van der Waals surface area contributed by atoms with E-state index in [4.69, 9.17) is 5.84 Å². The predicted molar refractivity (Wildman–Crippen MR) is 57.4 cm³/mol. The standard InChI is InChI=1S/C11H22N2O/c12-13-11(14)10-8-6-4-2-1-3-5-7-9-10/h10H,1-9,12H2,(H,13,14). The van der Waals surface area contributed by atoms with Crippen molar-refractivity contribution in [2.24, 2.45) is 11.8 Å². The van der Waals surface area contributed by atoms with Gasteiger partial charge in [0.25, 0.3) is 0 Å². The van der Waals surface area contributed by atoms with Crippen LogP contribution in [0.3, 0.4) is 0 Å². The van der Waals surface area contributed by atoms with Crippen LogP contribution >= 0.6 is 0 Å². The van der Waals surface area contributed by atoms with Crippen LogP contribution in [0.5, 0.6) is 0 Å². The Kier molecular flexibility index (Phi) is 5.60. The minimum Gasteiger partial charge on any atom is -0.294 e. The zero-order valence-electron chi connectivity index (χ0n) is 8.93. The molecule has 0 saturated heterocycles. The first kappa shape index (κ1) is 11.5. The summed E-state index contributed by atoms with van der Waals surface area (Å²) in [6.45, 7) is 0. The van der Waals surface area contributed by atoms with E-state index in [0.717, 1.165) is 12.8 Å². The topological polar surface area (TPSA) is 55.1 Å². The second-order valence-corrected chi connectivity index (χ2v) is 4.26. The Labute approximate surface area is 86.4 Å². The van der Waals surface area contributed by atoms with Crippen LogP contribution in [0.2, 0.25) is 0 Å². The van der Waals surface area contributed by atoms with Gasteiger partial charge in [0.1, 0.15) is 0 Å². The summed E-state index contributed by atoms with van der Waals surface area (Å²) in [6, 6.07) is 0. The fraction of sp³-hybridized carbons (Fsp3) is 0.909. The SMILES string of the molecule is NNC(=O)C1CCCCCCCCC1. The van der Waals surface area contributed by atoms with Crippen LogP contribution in [0.15, 0.2) is 0 Å². The van der Waals surface area contributed by atoms with E-state index in [2.05, 4.69) is 5.43 Å². The normalized spacial score (nSPS) is 21.5. The first-order chi connectivity index (χ1) is 6.84. The van der Waals surface area contributed by atoms with Crippen molar-refractivity contribution in [3.63, 3.8) is 0 Å². The van der Waals surface area contributed by atoms with Crippen LogP contribution in [0, 0.1) is 5.92 Å². The van der Waals surface area contributed by atoms with Crippen molar-refractivity contribution in [3.8, 4) is 0 Å². The van der Waals surface area contributed by atoms with Gasteiger partial charge >= 0.3 is 0 Å². The summed E-state index contributed by atoms with van der Waals surface area (Å²) < 4.78 is 0. The van der Waals surface area contributed by atoms with E-state index in [9.17, 15) is 4.79 Å². The highest BCUT2D eigenvalue weighted by Crippen LogP contribution is 2.21. The zero-order chi connectivity index (χ0) is 10.2. The fourth-order valence-electron chi connectivity index (χ4n) is 2.19. The van der Waals surface area contributed by atoms with Crippen molar-refractivity contribution in [3.05, 3.63) is 0 Å². The molecule has 3 nitrogen and oxygen atoms in total. The summed E-state index contributed by atoms with van der Waals surface area (Å²) in [7, 11) is 0. The highest BCUT2D eigenvalue weighted by atomic mass is 16.2. The van der Waals surface area contributed by atoms with Crippen molar-refractivity contribution in [2.45, 2.75) is 57.8 Å². The highest BCUT2D eigenvalue weighted by Gasteiger charge is 2.16. The molecule has 1 fully saturated rings. The van der Waals surface area contributed by atoms with Gasteiger partial charge in [-0.05, 0) is 12.8 Å². The van der Waals surface area contributed by atoms with Gasteiger partial charge in [-0.1, -0.05) is 44.9 Å². The fourth-order valence-corrected chi connectivity index (χ4v) is 2.19. The number of rotatable bonds is 1. The maximum absolute atomic E-state index is 11.4. The van der Waals surface area contributed by atoms with Gasteiger partial charge in [0.2, 0.25) is 5.91 Å². The van der Waals surface area contributed by atoms with E-state index >= 15 is 0 Å².